The van der Waals surface area contributed by atoms with Crippen LogP contribution in [0, 0.1) is 5.41 Å². The lowest BCUT2D eigenvalue weighted by atomic mass is 9.71. The second-order valence-corrected chi connectivity index (χ2v) is 6.64. The van der Waals surface area contributed by atoms with Crippen LogP contribution in [0.4, 0.5) is 0 Å². The predicted octanol–water partition coefficient (Wildman–Crippen LogP) is 2.73. The summed E-state index contributed by atoms with van der Waals surface area (Å²) in [6, 6.07) is 5.37. The summed E-state index contributed by atoms with van der Waals surface area (Å²) in [7, 11) is 3.20. The summed E-state index contributed by atoms with van der Waals surface area (Å²) in [5.74, 6) is 1.38. The van der Waals surface area contributed by atoms with E-state index in [-0.39, 0.29) is 18.3 Å². The Labute approximate surface area is 150 Å². The molecule has 0 radical (unpaired) electrons. The van der Waals surface area contributed by atoms with E-state index in [2.05, 4.69) is 5.32 Å². The number of ether oxygens (including phenoxy) is 2. The average Bonchev–Trinajstić information content (AvgIpc) is 2.62. The highest BCUT2D eigenvalue weighted by Gasteiger charge is 2.36. The van der Waals surface area contributed by atoms with Crippen LogP contribution >= 0.6 is 12.4 Å². The third-order valence-electron chi connectivity index (χ3n) is 5.37. The quantitative estimate of drug-likeness (QED) is 0.906. The van der Waals surface area contributed by atoms with Crippen LogP contribution in [-0.4, -0.2) is 51.2 Å². The molecular weight excluding hydrogens is 328 g/mol. The van der Waals surface area contributed by atoms with Crippen LogP contribution in [0.5, 0.6) is 11.5 Å². The molecule has 1 N–H and O–H groups in total. The Morgan fingerprint density at radius 1 is 1.00 bits per heavy atom. The van der Waals surface area contributed by atoms with E-state index in [9.17, 15) is 4.79 Å². The zero-order valence-corrected chi connectivity index (χ0v) is 15.3. The number of halogens is 1. The highest BCUT2D eigenvalue weighted by Crippen LogP contribution is 2.39. The first-order chi connectivity index (χ1) is 11.2. The Morgan fingerprint density at radius 3 is 2.04 bits per heavy atom. The number of rotatable bonds is 3. The van der Waals surface area contributed by atoms with Crippen molar-refractivity contribution in [1.29, 1.82) is 0 Å². The molecule has 2 saturated heterocycles. The van der Waals surface area contributed by atoms with Crippen molar-refractivity contribution in [2.75, 3.05) is 40.4 Å². The summed E-state index contributed by atoms with van der Waals surface area (Å²) in [5, 5.41) is 3.43. The lowest BCUT2D eigenvalue weighted by Crippen LogP contribution is -2.47. The van der Waals surface area contributed by atoms with Gasteiger partial charge in [-0.15, -0.1) is 12.4 Å². The van der Waals surface area contributed by atoms with Gasteiger partial charge in [0.2, 0.25) is 0 Å². The van der Waals surface area contributed by atoms with E-state index in [1.165, 1.54) is 12.8 Å². The number of hydrogen-bond acceptors (Lipinski definition) is 4. The number of amides is 1. The normalized spacial score (nSPS) is 19.5. The van der Waals surface area contributed by atoms with E-state index in [0.717, 1.165) is 39.0 Å². The molecule has 2 heterocycles. The van der Waals surface area contributed by atoms with Gasteiger partial charge in [-0.3, -0.25) is 4.79 Å². The van der Waals surface area contributed by atoms with Gasteiger partial charge in [0.1, 0.15) is 11.5 Å². The lowest BCUT2D eigenvalue weighted by Gasteiger charge is -2.44. The second-order valence-electron chi connectivity index (χ2n) is 6.64. The fraction of sp³-hybridized carbons (Fsp3) is 0.611. The zero-order valence-electron chi connectivity index (χ0n) is 14.5. The van der Waals surface area contributed by atoms with Gasteiger partial charge in [-0.1, -0.05) is 0 Å². The van der Waals surface area contributed by atoms with Crippen molar-refractivity contribution in [3.05, 3.63) is 23.8 Å². The maximum Gasteiger partial charge on any atom is 0.254 e. The van der Waals surface area contributed by atoms with Crippen molar-refractivity contribution < 1.29 is 14.3 Å². The summed E-state index contributed by atoms with van der Waals surface area (Å²) < 4.78 is 10.5. The van der Waals surface area contributed by atoms with Gasteiger partial charge in [0.05, 0.1) is 14.2 Å². The van der Waals surface area contributed by atoms with Crippen molar-refractivity contribution in [2.45, 2.75) is 25.7 Å². The molecule has 1 aromatic rings. The first-order valence-electron chi connectivity index (χ1n) is 8.39. The molecule has 0 bridgehead atoms. The Morgan fingerprint density at radius 2 is 1.54 bits per heavy atom. The molecule has 5 nitrogen and oxygen atoms in total. The van der Waals surface area contributed by atoms with Crippen LogP contribution in [0.2, 0.25) is 0 Å². The fourth-order valence-corrected chi connectivity index (χ4v) is 3.75. The number of piperidine rings is 2. The summed E-state index contributed by atoms with van der Waals surface area (Å²) in [6.45, 7) is 3.92. The molecule has 0 atom stereocenters. The Balaban J connectivity index is 0.00000208. The molecule has 2 aliphatic rings. The molecule has 0 aromatic heterocycles. The molecule has 134 valence electrons. The molecular formula is C18H27ClN2O3. The van der Waals surface area contributed by atoms with Crippen molar-refractivity contribution in [2.24, 2.45) is 5.41 Å². The van der Waals surface area contributed by atoms with E-state index in [4.69, 9.17) is 9.47 Å². The molecule has 6 heteroatoms. The maximum absolute atomic E-state index is 12.8. The number of nitrogens with zero attached hydrogens (tertiary/aromatic N) is 1. The van der Waals surface area contributed by atoms with Gasteiger partial charge < -0.3 is 19.7 Å². The van der Waals surface area contributed by atoms with Crippen LogP contribution < -0.4 is 14.8 Å². The average molecular weight is 355 g/mol. The van der Waals surface area contributed by atoms with Crippen LogP contribution in [0.25, 0.3) is 0 Å². The number of carbonyl (C=O) groups is 1. The molecule has 3 rings (SSSR count). The first-order valence-corrected chi connectivity index (χ1v) is 8.39. The topological polar surface area (TPSA) is 50.8 Å². The molecule has 1 aromatic carbocycles. The number of methoxy groups -OCH3 is 2. The minimum atomic E-state index is 0. The van der Waals surface area contributed by atoms with E-state index < -0.39 is 0 Å². The van der Waals surface area contributed by atoms with Crippen molar-refractivity contribution >= 4 is 18.3 Å². The molecule has 1 spiro atoms. The smallest absolute Gasteiger partial charge is 0.254 e. The number of hydrogen-bond donors (Lipinski definition) is 1. The highest BCUT2D eigenvalue weighted by molar-refractivity contribution is 5.95. The van der Waals surface area contributed by atoms with Gasteiger partial charge in [-0.25, -0.2) is 0 Å². The van der Waals surface area contributed by atoms with Gasteiger partial charge in [0, 0.05) is 24.7 Å². The summed E-state index contributed by atoms with van der Waals surface area (Å²) in [4.78, 5) is 14.8. The minimum absolute atomic E-state index is 0. The minimum Gasteiger partial charge on any atom is -0.497 e. The van der Waals surface area contributed by atoms with Gasteiger partial charge in [0.15, 0.2) is 0 Å². The monoisotopic (exact) mass is 354 g/mol. The van der Waals surface area contributed by atoms with Crippen LogP contribution in [0.3, 0.4) is 0 Å². The van der Waals surface area contributed by atoms with Crippen LogP contribution in [-0.2, 0) is 0 Å². The SMILES string of the molecule is COc1cc(OC)cc(C(=O)N2CCC3(CCNCC3)CC2)c1.Cl. The Hall–Kier alpha value is -1.46. The zero-order chi connectivity index (χ0) is 16.3. The third-order valence-corrected chi connectivity index (χ3v) is 5.37. The van der Waals surface area contributed by atoms with E-state index in [1.54, 1.807) is 32.4 Å². The van der Waals surface area contributed by atoms with Crippen molar-refractivity contribution in [1.82, 2.24) is 10.2 Å². The third kappa shape index (κ3) is 3.95. The van der Waals surface area contributed by atoms with Crippen LogP contribution in [0.15, 0.2) is 18.2 Å². The highest BCUT2D eigenvalue weighted by atomic mass is 35.5. The van der Waals surface area contributed by atoms with Gasteiger partial charge in [-0.05, 0) is 56.3 Å². The predicted molar refractivity (Wildman–Crippen MR) is 96.5 cm³/mol. The van der Waals surface area contributed by atoms with E-state index >= 15 is 0 Å². The molecule has 0 aliphatic carbocycles. The van der Waals surface area contributed by atoms with E-state index in [0.29, 0.717) is 22.5 Å². The molecule has 24 heavy (non-hydrogen) atoms. The molecule has 1 amide bonds. The Bertz CT molecular complexity index is 541. The molecule has 0 unspecified atom stereocenters. The molecule has 2 fully saturated rings. The second kappa shape index (κ2) is 8.08. The number of benzene rings is 1. The van der Waals surface area contributed by atoms with E-state index in [1.807, 2.05) is 4.90 Å². The fourth-order valence-electron chi connectivity index (χ4n) is 3.75. The van der Waals surface area contributed by atoms with Crippen molar-refractivity contribution in [3.63, 3.8) is 0 Å². The summed E-state index contributed by atoms with van der Waals surface area (Å²) in [6.07, 6.45) is 4.70. The Kier molecular flexibility index (Phi) is 6.35. The van der Waals surface area contributed by atoms with Gasteiger partial charge in [0.25, 0.3) is 5.91 Å². The number of nitrogens with one attached hydrogen (secondary N) is 1. The van der Waals surface area contributed by atoms with Crippen LogP contribution in [0.1, 0.15) is 36.0 Å². The molecule has 0 saturated carbocycles. The lowest BCUT2D eigenvalue weighted by molar-refractivity contribution is 0.0495. The summed E-state index contributed by atoms with van der Waals surface area (Å²) >= 11 is 0. The standard InChI is InChI=1S/C18H26N2O3.ClH/c1-22-15-11-14(12-16(13-15)23-2)17(21)20-9-5-18(6-10-20)3-7-19-8-4-18;/h11-13,19H,3-10H2,1-2H3;1H. The number of likely N-dealkylation sites (tertiary alicyclic amines) is 1. The van der Waals surface area contributed by atoms with Crippen molar-refractivity contribution in [3.8, 4) is 11.5 Å². The first kappa shape index (κ1) is 18.9. The maximum atomic E-state index is 12.8. The van der Waals surface area contributed by atoms with Gasteiger partial charge >= 0.3 is 0 Å². The van der Waals surface area contributed by atoms with Gasteiger partial charge in [-0.2, -0.15) is 0 Å². The largest absolute Gasteiger partial charge is 0.497 e. The molecule has 2 aliphatic heterocycles. The summed E-state index contributed by atoms with van der Waals surface area (Å²) in [5.41, 5.74) is 1.09. The number of carbonyl (C=O) groups excluding carboxylic acids is 1.